The third kappa shape index (κ3) is 3.39. The fourth-order valence-electron chi connectivity index (χ4n) is 6.49. The zero-order chi connectivity index (χ0) is 24.3. The molecule has 184 valence electrons. The maximum absolute atomic E-state index is 14.6. The van der Waals surface area contributed by atoms with Crippen LogP contribution in [0.2, 0.25) is 0 Å². The molecule has 35 heavy (non-hydrogen) atoms. The first-order valence-corrected chi connectivity index (χ1v) is 12.5. The van der Waals surface area contributed by atoms with Gasteiger partial charge in [-0.25, -0.2) is 4.39 Å². The Bertz CT molecular complexity index is 1290. The van der Waals surface area contributed by atoms with Crippen LogP contribution in [0.3, 0.4) is 0 Å². The summed E-state index contributed by atoms with van der Waals surface area (Å²) < 4.78 is 22.3. The van der Waals surface area contributed by atoms with E-state index in [1.165, 1.54) is 11.6 Å². The number of hydrogen-bond donors (Lipinski definition) is 1. The summed E-state index contributed by atoms with van der Waals surface area (Å²) in [5.41, 5.74) is 3.68. The molecular formula is C28H32FN3O3. The lowest BCUT2D eigenvalue weighted by Gasteiger charge is -2.57. The van der Waals surface area contributed by atoms with Crippen molar-refractivity contribution in [2.45, 2.75) is 37.3 Å². The van der Waals surface area contributed by atoms with Gasteiger partial charge in [0.2, 0.25) is 5.91 Å². The minimum atomic E-state index is -0.269. The van der Waals surface area contributed by atoms with Crippen molar-refractivity contribution in [2.75, 3.05) is 33.4 Å². The monoisotopic (exact) mass is 477 g/mol. The molecule has 3 aromatic rings. The van der Waals surface area contributed by atoms with Crippen molar-refractivity contribution in [3.05, 3.63) is 65.1 Å². The number of aliphatic hydroxyl groups excluding tert-OH is 1. The molecule has 1 aliphatic carbocycles. The van der Waals surface area contributed by atoms with E-state index in [9.17, 15) is 14.3 Å². The van der Waals surface area contributed by atoms with Crippen LogP contribution in [0.1, 0.15) is 42.1 Å². The number of nitrogens with zero attached hydrogens (tertiary/aromatic N) is 3. The van der Waals surface area contributed by atoms with Crippen LogP contribution in [-0.2, 0) is 23.8 Å². The summed E-state index contributed by atoms with van der Waals surface area (Å²) in [7, 11) is 3.69. The lowest BCUT2D eigenvalue weighted by atomic mass is 9.68. The first kappa shape index (κ1) is 22.6. The number of amides is 1. The van der Waals surface area contributed by atoms with Crippen LogP contribution in [0, 0.1) is 11.7 Å². The van der Waals surface area contributed by atoms with Crippen molar-refractivity contribution in [3.63, 3.8) is 0 Å². The van der Waals surface area contributed by atoms with Crippen LogP contribution in [0.4, 0.5) is 4.39 Å². The molecule has 2 fully saturated rings. The first-order valence-electron chi connectivity index (χ1n) is 12.5. The Morgan fingerprint density at radius 3 is 2.60 bits per heavy atom. The summed E-state index contributed by atoms with van der Waals surface area (Å²) in [6.45, 7) is 2.32. The van der Waals surface area contributed by atoms with Gasteiger partial charge in [0.15, 0.2) is 0 Å². The maximum Gasteiger partial charge on any atom is 0.225 e. The molecule has 2 aromatic carbocycles. The summed E-state index contributed by atoms with van der Waals surface area (Å²) in [6.07, 6.45) is 3.13. The summed E-state index contributed by atoms with van der Waals surface area (Å²) in [5, 5.41) is 11.7. The van der Waals surface area contributed by atoms with Crippen molar-refractivity contribution >= 4 is 16.8 Å². The molecule has 3 aliphatic rings. The molecule has 6 rings (SSSR count). The number of likely N-dealkylation sites (tertiary alicyclic amines) is 1. The molecule has 3 heterocycles. The predicted octanol–water partition coefficient (Wildman–Crippen LogP) is 3.76. The van der Waals surface area contributed by atoms with Crippen molar-refractivity contribution in [2.24, 2.45) is 13.0 Å². The quantitative estimate of drug-likeness (QED) is 0.608. The number of aliphatic hydroxyl groups is 1. The van der Waals surface area contributed by atoms with E-state index < -0.39 is 0 Å². The third-order valence-corrected chi connectivity index (χ3v) is 8.50. The van der Waals surface area contributed by atoms with Crippen LogP contribution in [0.15, 0.2) is 42.5 Å². The Morgan fingerprint density at radius 2 is 1.94 bits per heavy atom. The highest BCUT2D eigenvalue weighted by Gasteiger charge is 2.55. The Hall–Kier alpha value is -2.90. The standard InChI is InChI=1S/C28H32FN3O3/c1-30-23-12-20(35-2)10-11-21(23)25-26(30)24(14-33)31(13-19-6-3-4-9-22(19)29)15-28(25)16-32(17-28)27(34)18-7-5-8-18/h3-4,6,9-12,18,24,33H,5,7-8,13-17H2,1-2H3/t24-/m1/s1. The van der Waals surface area contributed by atoms with E-state index in [0.717, 1.165) is 41.6 Å². The average molecular weight is 478 g/mol. The van der Waals surface area contributed by atoms with Crippen LogP contribution in [0.5, 0.6) is 5.75 Å². The number of methoxy groups -OCH3 is 1. The van der Waals surface area contributed by atoms with Gasteiger partial charge in [0, 0.05) is 67.3 Å². The summed E-state index contributed by atoms with van der Waals surface area (Å²) >= 11 is 0. The predicted molar refractivity (Wildman–Crippen MR) is 132 cm³/mol. The molecule has 0 radical (unpaired) electrons. The van der Waals surface area contributed by atoms with Crippen LogP contribution >= 0.6 is 0 Å². The number of rotatable bonds is 5. The van der Waals surface area contributed by atoms with E-state index in [0.29, 0.717) is 31.7 Å². The highest BCUT2D eigenvalue weighted by molar-refractivity contribution is 5.90. The number of aryl methyl sites for hydroxylation is 1. The summed E-state index contributed by atoms with van der Waals surface area (Å²) in [4.78, 5) is 17.2. The van der Waals surface area contributed by atoms with E-state index in [4.69, 9.17) is 4.74 Å². The number of aromatic nitrogens is 1. The van der Waals surface area contributed by atoms with Gasteiger partial charge in [-0.15, -0.1) is 0 Å². The minimum Gasteiger partial charge on any atom is -0.497 e. The highest BCUT2D eigenvalue weighted by Crippen LogP contribution is 2.50. The highest BCUT2D eigenvalue weighted by atomic mass is 19.1. The second-order valence-corrected chi connectivity index (χ2v) is 10.5. The topological polar surface area (TPSA) is 57.9 Å². The second kappa shape index (κ2) is 8.35. The van der Waals surface area contributed by atoms with Crippen molar-refractivity contribution in [1.29, 1.82) is 0 Å². The van der Waals surface area contributed by atoms with E-state index in [-0.39, 0.29) is 35.7 Å². The molecule has 1 N–H and O–H groups in total. The molecule has 1 spiro atoms. The fraction of sp³-hybridized carbons (Fsp3) is 0.464. The van der Waals surface area contributed by atoms with Gasteiger partial charge in [-0.05, 0) is 36.6 Å². The third-order valence-electron chi connectivity index (χ3n) is 8.50. The smallest absolute Gasteiger partial charge is 0.225 e. The second-order valence-electron chi connectivity index (χ2n) is 10.5. The zero-order valence-corrected chi connectivity index (χ0v) is 20.3. The van der Waals surface area contributed by atoms with E-state index >= 15 is 0 Å². The number of hydrogen-bond acceptors (Lipinski definition) is 4. The molecule has 6 nitrogen and oxygen atoms in total. The zero-order valence-electron chi connectivity index (χ0n) is 20.3. The molecule has 2 aliphatic heterocycles. The lowest BCUT2D eigenvalue weighted by molar-refractivity contribution is -0.148. The van der Waals surface area contributed by atoms with Crippen LogP contribution < -0.4 is 4.74 Å². The van der Waals surface area contributed by atoms with E-state index in [1.807, 2.05) is 36.2 Å². The van der Waals surface area contributed by atoms with Gasteiger partial charge < -0.3 is 19.3 Å². The molecule has 1 amide bonds. The normalized spacial score (nSPS) is 21.6. The largest absolute Gasteiger partial charge is 0.497 e. The van der Waals surface area contributed by atoms with Crippen LogP contribution in [-0.4, -0.2) is 58.7 Å². The van der Waals surface area contributed by atoms with E-state index in [2.05, 4.69) is 15.5 Å². The summed E-state index contributed by atoms with van der Waals surface area (Å²) in [6, 6.07) is 12.7. The maximum atomic E-state index is 14.6. The average Bonchev–Trinajstić information content (AvgIpc) is 3.09. The van der Waals surface area contributed by atoms with Gasteiger partial charge in [0.25, 0.3) is 0 Å². The molecule has 1 saturated carbocycles. The van der Waals surface area contributed by atoms with Gasteiger partial charge in [-0.3, -0.25) is 9.69 Å². The van der Waals surface area contributed by atoms with Gasteiger partial charge in [0.05, 0.1) is 25.3 Å². The number of halogens is 1. The van der Waals surface area contributed by atoms with Crippen molar-refractivity contribution in [3.8, 4) is 5.75 Å². The molecule has 7 heteroatoms. The number of fused-ring (bicyclic) bond motifs is 4. The number of carbonyl (C=O) groups excluding carboxylic acids is 1. The fourth-order valence-corrected chi connectivity index (χ4v) is 6.49. The summed E-state index contributed by atoms with van der Waals surface area (Å²) in [5.74, 6) is 0.993. The number of benzene rings is 2. The molecule has 0 bridgehead atoms. The molecule has 1 aromatic heterocycles. The number of carbonyl (C=O) groups is 1. The van der Waals surface area contributed by atoms with Gasteiger partial charge in [0.1, 0.15) is 11.6 Å². The van der Waals surface area contributed by atoms with Gasteiger partial charge in [-0.2, -0.15) is 0 Å². The van der Waals surface area contributed by atoms with Crippen molar-refractivity contribution in [1.82, 2.24) is 14.4 Å². The molecule has 1 atom stereocenters. The number of ether oxygens (including phenoxy) is 1. The van der Waals surface area contributed by atoms with Crippen LogP contribution in [0.25, 0.3) is 10.9 Å². The lowest BCUT2D eigenvalue weighted by Crippen LogP contribution is -2.68. The van der Waals surface area contributed by atoms with Crippen molar-refractivity contribution < 1.29 is 19.0 Å². The Labute approximate surface area is 204 Å². The minimum absolute atomic E-state index is 0.0659. The molecule has 0 unspecified atom stereocenters. The van der Waals surface area contributed by atoms with E-state index in [1.54, 1.807) is 13.2 Å². The van der Waals surface area contributed by atoms with Gasteiger partial charge in [-0.1, -0.05) is 24.6 Å². The Kier molecular flexibility index (Phi) is 5.38. The Balaban J connectivity index is 1.45. The first-order chi connectivity index (χ1) is 17.0. The SMILES string of the molecule is COc1ccc2c3c(n(C)c2c1)[C@@H](CO)N(Cc1ccccc1F)CC31CN(C(=O)C2CCC2)C1. The molecule has 1 saturated heterocycles. The Morgan fingerprint density at radius 1 is 1.17 bits per heavy atom. The molecular weight excluding hydrogens is 445 g/mol. The van der Waals surface area contributed by atoms with Gasteiger partial charge >= 0.3 is 0 Å².